The molecular formula is C12H18ClN3OS. The Morgan fingerprint density at radius 3 is 2.83 bits per heavy atom. The second-order valence-corrected chi connectivity index (χ2v) is 5.16. The number of hydrogen-bond acceptors (Lipinski definition) is 4. The van der Waals surface area contributed by atoms with Crippen molar-refractivity contribution in [1.29, 1.82) is 0 Å². The third-order valence-electron chi connectivity index (χ3n) is 2.44. The Bertz CT molecular complexity index is 501. The van der Waals surface area contributed by atoms with E-state index < -0.39 is 0 Å². The average molecular weight is 288 g/mol. The van der Waals surface area contributed by atoms with Gasteiger partial charge in [-0.05, 0) is 26.2 Å². The molecule has 0 atom stereocenters. The maximum atomic E-state index is 5.18. The summed E-state index contributed by atoms with van der Waals surface area (Å²) in [5.41, 5.74) is 2.01. The van der Waals surface area contributed by atoms with Gasteiger partial charge in [-0.1, -0.05) is 11.8 Å². The van der Waals surface area contributed by atoms with Gasteiger partial charge in [0.2, 0.25) is 0 Å². The summed E-state index contributed by atoms with van der Waals surface area (Å²) >= 11 is 1.74. The largest absolute Gasteiger partial charge is 0.497 e. The lowest BCUT2D eigenvalue weighted by Crippen LogP contribution is -2.14. The van der Waals surface area contributed by atoms with Crippen molar-refractivity contribution in [3.05, 3.63) is 18.2 Å². The fraction of sp³-hybridized carbons (Fsp3) is 0.417. The number of rotatable bonds is 5. The molecule has 100 valence electrons. The highest BCUT2D eigenvalue weighted by molar-refractivity contribution is 7.99. The summed E-state index contributed by atoms with van der Waals surface area (Å²) in [5, 5.41) is 0.968. The van der Waals surface area contributed by atoms with E-state index in [9.17, 15) is 0 Å². The number of nitrogens with one attached hydrogen (secondary N) is 1. The van der Waals surface area contributed by atoms with Crippen molar-refractivity contribution in [2.45, 2.75) is 5.16 Å². The maximum Gasteiger partial charge on any atom is 0.166 e. The lowest BCUT2D eigenvalue weighted by molar-refractivity contribution is 0.415. The van der Waals surface area contributed by atoms with Crippen LogP contribution in [0.15, 0.2) is 23.4 Å². The van der Waals surface area contributed by atoms with Crippen LogP contribution in [0.4, 0.5) is 0 Å². The number of ether oxygens (including phenoxy) is 1. The molecule has 0 radical (unpaired) electrons. The van der Waals surface area contributed by atoms with E-state index in [1.54, 1.807) is 18.9 Å². The number of thioether (sulfide) groups is 1. The van der Waals surface area contributed by atoms with E-state index in [2.05, 4.69) is 29.0 Å². The van der Waals surface area contributed by atoms with Crippen molar-refractivity contribution >= 4 is 35.2 Å². The number of imidazole rings is 1. The van der Waals surface area contributed by atoms with E-state index in [-0.39, 0.29) is 12.4 Å². The van der Waals surface area contributed by atoms with Crippen LogP contribution in [0.1, 0.15) is 0 Å². The van der Waals surface area contributed by atoms with E-state index in [1.165, 1.54) is 0 Å². The molecule has 2 aromatic rings. The van der Waals surface area contributed by atoms with Crippen molar-refractivity contribution in [2.75, 3.05) is 33.5 Å². The molecule has 1 heterocycles. The molecule has 6 heteroatoms. The molecule has 0 aliphatic rings. The molecule has 1 N–H and O–H groups in total. The summed E-state index contributed by atoms with van der Waals surface area (Å²) < 4.78 is 5.18. The van der Waals surface area contributed by atoms with Crippen molar-refractivity contribution in [2.24, 2.45) is 0 Å². The minimum absolute atomic E-state index is 0. The van der Waals surface area contributed by atoms with Crippen LogP contribution in [0.3, 0.4) is 0 Å². The number of aromatic amines is 1. The van der Waals surface area contributed by atoms with Gasteiger partial charge in [-0.25, -0.2) is 4.98 Å². The van der Waals surface area contributed by atoms with Crippen molar-refractivity contribution in [1.82, 2.24) is 14.9 Å². The Balaban J connectivity index is 0.00000162. The highest BCUT2D eigenvalue weighted by Crippen LogP contribution is 2.22. The molecule has 0 spiro atoms. The third-order valence-corrected chi connectivity index (χ3v) is 3.30. The molecule has 1 aromatic heterocycles. The molecule has 0 bridgehead atoms. The first-order valence-corrected chi connectivity index (χ1v) is 6.49. The molecule has 18 heavy (non-hydrogen) atoms. The predicted molar refractivity (Wildman–Crippen MR) is 79.2 cm³/mol. The maximum absolute atomic E-state index is 5.18. The number of fused-ring (bicyclic) bond motifs is 1. The highest BCUT2D eigenvalue weighted by Gasteiger charge is 2.04. The van der Waals surface area contributed by atoms with E-state index in [0.29, 0.717) is 0 Å². The number of hydrogen-bond donors (Lipinski definition) is 1. The number of halogens is 1. The summed E-state index contributed by atoms with van der Waals surface area (Å²) in [5.74, 6) is 1.88. The molecule has 4 nitrogen and oxygen atoms in total. The molecule has 0 saturated carbocycles. The van der Waals surface area contributed by atoms with Crippen LogP contribution in [-0.2, 0) is 0 Å². The lowest BCUT2D eigenvalue weighted by Gasteiger charge is -2.06. The Morgan fingerprint density at radius 1 is 1.39 bits per heavy atom. The molecule has 0 aliphatic carbocycles. The second-order valence-electron chi connectivity index (χ2n) is 4.08. The quantitative estimate of drug-likeness (QED) is 0.859. The van der Waals surface area contributed by atoms with Crippen LogP contribution in [0, 0.1) is 0 Å². The number of benzene rings is 1. The molecule has 0 fully saturated rings. The molecule has 2 rings (SSSR count). The average Bonchev–Trinajstić information content (AvgIpc) is 2.69. The SMILES string of the molecule is COc1ccc2nc(SCCN(C)C)[nH]c2c1.Cl. The first-order chi connectivity index (χ1) is 8.19. The molecule has 0 amide bonds. The summed E-state index contributed by atoms with van der Waals surface area (Å²) in [6.45, 7) is 1.05. The summed E-state index contributed by atoms with van der Waals surface area (Å²) in [6, 6.07) is 5.87. The minimum Gasteiger partial charge on any atom is -0.497 e. The van der Waals surface area contributed by atoms with Crippen molar-refractivity contribution in [3.8, 4) is 5.75 Å². The van der Waals surface area contributed by atoms with E-state index in [1.807, 2.05) is 18.2 Å². The van der Waals surface area contributed by atoms with Crippen LogP contribution in [0.5, 0.6) is 5.75 Å². The van der Waals surface area contributed by atoms with E-state index >= 15 is 0 Å². The van der Waals surface area contributed by atoms with Gasteiger partial charge in [0.25, 0.3) is 0 Å². The van der Waals surface area contributed by atoms with Gasteiger partial charge >= 0.3 is 0 Å². The topological polar surface area (TPSA) is 41.1 Å². The van der Waals surface area contributed by atoms with Crippen molar-refractivity contribution in [3.63, 3.8) is 0 Å². The summed E-state index contributed by atoms with van der Waals surface area (Å²) in [7, 11) is 5.82. The monoisotopic (exact) mass is 287 g/mol. The van der Waals surface area contributed by atoms with Crippen LogP contribution in [0.25, 0.3) is 11.0 Å². The smallest absolute Gasteiger partial charge is 0.166 e. The molecule has 0 aliphatic heterocycles. The van der Waals surface area contributed by atoms with E-state index in [4.69, 9.17) is 4.74 Å². The molecule has 1 aromatic carbocycles. The Kier molecular flexibility index (Phi) is 5.78. The molecular weight excluding hydrogens is 270 g/mol. The number of aromatic nitrogens is 2. The Labute approximate surface area is 118 Å². The standard InChI is InChI=1S/C12H17N3OS.ClH/c1-15(2)6-7-17-12-13-10-5-4-9(16-3)8-11(10)14-12;/h4-5,8H,6-7H2,1-3H3,(H,13,14);1H. The number of H-pyrrole nitrogens is 1. The van der Waals surface area contributed by atoms with E-state index in [0.717, 1.165) is 34.2 Å². The highest BCUT2D eigenvalue weighted by atomic mass is 35.5. The van der Waals surface area contributed by atoms with Crippen LogP contribution < -0.4 is 4.74 Å². The van der Waals surface area contributed by atoms with Crippen LogP contribution in [-0.4, -0.2) is 48.4 Å². The van der Waals surface area contributed by atoms with Crippen LogP contribution >= 0.6 is 24.2 Å². The van der Waals surface area contributed by atoms with Gasteiger partial charge in [-0.15, -0.1) is 12.4 Å². The minimum atomic E-state index is 0. The zero-order valence-corrected chi connectivity index (χ0v) is 12.4. The van der Waals surface area contributed by atoms with Gasteiger partial charge in [-0.3, -0.25) is 0 Å². The van der Waals surface area contributed by atoms with Gasteiger partial charge in [0.05, 0.1) is 18.1 Å². The lowest BCUT2D eigenvalue weighted by atomic mass is 10.3. The zero-order chi connectivity index (χ0) is 12.3. The third kappa shape index (κ3) is 3.80. The summed E-state index contributed by atoms with van der Waals surface area (Å²) in [4.78, 5) is 9.98. The van der Waals surface area contributed by atoms with Gasteiger partial charge < -0.3 is 14.6 Å². The van der Waals surface area contributed by atoms with Crippen molar-refractivity contribution < 1.29 is 4.74 Å². The van der Waals surface area contributed by atoms with Gasteiger partial charge in [0.1, 0.15) is 5.75 Å². The second kappa shape index (κ2) is 6.87. The van der Waals surface area contributed by atoms with Gasteiger partial charge in [0, 0.05) is 18.4 Å². The van der Waals surface area contributed by atoms with Gasteiger partial charge in [-0.2, -0.15) is 0 Å². The molecule has 0 unspecified atom stereocenters. The molecule has 0 saturated heterocycles. The first-order valence-electron chi connectivity index (χ1n) is 5.50. The van der Waals surface area contributed by atoms with Gasteiger partial charge in [0.15, 0.2) is 5.16 Å². The Morgan fingerprint density at radius 2 is 2.17 bits per heavy atom. The summed E-state index contributed by atoms with van der Waals surface area (Å²) in [6.07, 6.45) is 0. The predicted octanol–water partition coefficient (Wildman–Crippen LogP) is 2.65. The zero-order valence-electron chi connectivity index (χ0n) is 10.8. The normalized spacial score (nSPS) is 10.7. The fourth-order valence-electron chi connectivity index (χ4n) is 1.49. The Hall–Kier alpha value is -0.910. The first kappa shape index (κ1) is 15.1. The number of nitrogens with zero attached hydrogens (tertiary/aromatic N) is 2. The fourth-order valence-corrected chi connectivity index (χ4v) is 2.48. The van der Waals surface area contributed by atoms with Crippen LogP contribution in [0.2, 0.25) is 0 Å². The number of methoxy groups -OCH3 is 1.